The number of carboxylic acids is 3. The summed E-state index contributed by atoms with van der Waals surface area (Å²) in [7, 11) is 0. The van der Waals surface area contributed by atoms with Gasteiger partial charge in [0, 0.05) is 19.3 Å². The van der Waals surface area contributed by atoms with Crippen LogP contribution >= 0.6 is 0 Å². The second kappa shape index (κ2) is 19.9. The second-order valence-corrected chi connectivity index (χ2v) is 11.7. The maximum Gasteiger partial charge on any atom is 0.337 e. The zero-order chi connectivity index (χ0) is 34.0. The Morgan fingerprint density at radius 1 is 0.783 bits per heavy atom. The molecule has 2 aromatic carbocycles. The van der Waals surface area contributed by atoms with Crippen molar-refractivity contribution in [2.75, 3.05) is 0 Å². The molecule has 0 fully saturated rings. The van der Waals surface area contributed by atoms with Gasteiger partial charge in [0.25, 0.3) is 0 Å². The molecule has 0 unspecified atom stereocenters. The molecule has 2 aromatic rings. The maximum atomic E-state index is 13.3. The number of aliphatic hydroxyl groups is 1. The van der Waals surface area contributed by atoms with Gasteiger partial charge in [-0.15, -0.1) is 0 Å². The van der Waals surface area contributed by atoms with E-state index < -0.39 is 47.8 Å². The number of rotatable bonds is 23. The number of hydrogen-bond acceptors (Lipinski definition) is 6. The maximum absolute atomic E-state index is 13.3. The Morgan fingerprint density at radius 2 is 1.37 bits per heavy atom. The number of carbonyl (C=O) groups excluding carboxylic acids is 2. The standard InChI is InChI=1S/C36H47NO9/c1-2-3-4-12-17-29(38)18-13-7-5-6-8-14-19-30(36(46,35(44)45)25-32(39)40)33(41)37-31(34(42)43)24-26-20-22-28(23-21-26)27-15-10-9-11-16-27/h9-11,14-16,19-23,30-31,46H,2-8,12-13,17-18,24-25H2,1H3,(H,37,41)(H,39,40)(H,42,43)(H,44,45)/b19-14+/t30-,31+,36+/m1/s1. The van der Waals surface area contributed by atoms with E-state index in [0.717, 1.165) is 62.1 Å². The molecule has 0 aromatic heterocycles. The fourth-order valence-electron chi connectivity index (χ4n) is 5.22. The van der Waals surface area contributed by atoms with E-state index in [1.54, 1.807) is 12.1 Å². The van der Waals surface area contributed by atoms with Crippen LogP contribution in [0.4, 0.5) is 0 Å². The van der Waals surface area contributed by atoms with E-state index >= 15 is 0 Å². The number of aliphatic carboxylic acids is 3. The lowest BCUT2D eigenvalue weighted by atomic mass is 9.82. The highest BCUT2D eigenvalue weighted by atomic mass is 16.4. The molecular formula is C36H47NO9. The van der Waals surface area contributed by atoms with Crippen LogP contribution in [-0.2, 0) is 30.4 Å². The molecule has 0 aliphatic rings. The number of carboxylic acid groups (broad SMARTS) is 3. The molecule has 250 valence electrons. The Kier molecular flexibility index (Phi) is 16.4. The van der Waals surface area contributed by atoms with Gasteiger partial charge in [0.1, 0.15) is 11.8 Å². The number of unbranched alkanes of at least 4 members (excludes halogenated alkanes) is 7. The quantitative estimate of drug-likeness (QED) is 0.0743. The van der Waals surface area contributed by atoms with E-state index in [1.807, 2.05) is 42.5 Å². The number of Topliss-reactive ketones (excluding diaryl/α,β-unsaturated/α-hetero) is 1. The van der Waals surface area contributed by atoms with Crippen LogP contribution < -0.4 is 5.32 Å². The van der Waals surface area contributed by atoms with Crippen LogP contribution in [0, 0.1) is 5.92 Å². The van der Waals surface area contributed by atoms with E-state index in [4.69, 9.17) is 0 Å². The molecule has 0 saturated heterocycles. The summed E-state index contributed by atoms with van der Waals surface area (Å²) in [5.74, 6) is -7.64. The Morgan fingerprint density at radius 3 is 1.93 bits per heavy atom. The van der Waals surface area contributed by atoms with Gasteiger partial charge in [-0.3, -0.25) is 14.4 Å². The van der Waals surface area contributed by atoms with Crippen molar-refractivity contribution in [3.05, 3.63) is 72.3 Å². The van der Waals surface area contributed by atoms with Crippen LogP contribution in [0.3, 0.4) is 0 Å². The number of hydrogen-bond donors (Lipinski definition) is 5. The Hall–Kier alpha value is -4.31. The molecule has 5 N–H and O–H groups in total. The van der Waals surface area contributed by atoms with Gasteiger partial charge in [-0.05, 0) is 42.4 Å². The summed E-state index contributed by atoms with van der Waals surface area (Å²) in [6.45, 7) is 2.12. The summed E-state index contributed by atoms with van der Waals surface area (Å²) < 4.78 is 0. The van der Waals surface area contributed by atoms with Crippen LogP contribution in [0.15, 0.2) is 66.7 Å². The van der Waals surface area contributed by atoms with Crippen molar-refractivity contribution < 1.29 is 44.4 Å². The van der Waals surface area contributed by atoms with Crippen LogP contribution in [0.1, 0.15) is 89.5 Å². The van der Waals surface area contributed by atoms with Crippen molar-refractivity contribution in [2.24, 2.45) is 5.92 Å². The predicted molar refractivity (Wildman–Crippen MR) is 174 cm³/mol. The third-order valence-electron chi connectivity index (χ3n) is 7.92. The first kappa shape index (κ1) is 37.9. The highest BCUT2D eigenvalue weighted by Gasteiger charge is 2.49. The van der Waals surface area contributed by atoms with Gasteiger partial charge < -0.3 is 25.7 Å². The van der Waals surface area contributed by atoms with Gasteiger partial charge in [0.05, 0.1) is 12.3 Å². The largest absolute Gasteiger partial charge is 0.481 e. The molecule has 10 nitrogen and oxygen atoms in total. The van der Waals surface area contributed by atoms with Crippen molar-refractivity contribution in [1.82, 2.24) is 5.32 Å². The van der Waals surface area contributed by atoms with Crippen molar-refractivity contribution in [2.45, 2.75) is 102 Å². The summed E-state index contributed by atoms with van der Waals surface area (Å²) in [5, 5.41) is 42.1. The van der Waals surface area contributed by atoms with Gasteiger partial charge in [0.2, 0.25) is 5.91 Å². The smallest absolute Gasteiger partial charge is 0.337 e. The minimum absolute atomic E-state index is 0.127. The van der Waals surface area contributed by atoms with Gasteiger partial charge in [-0.1, -0.05) is 106 Å². The molecule has 2 rings (SSSR count). The third kappa shape index (κ3) is 13.0. The van der Waals surface area contributed by atoms with Crippen molar-refractivity contribution >= 4 is 29.6 Å². The molecule has 0 heterocycles. The minimum Gasteiger partial charge on any atom is -0.481 e. The van der Waals surface area contributed by atoms with Crippen LogP contribution in [0.25, 0.3) is 11.1 Å². The number of ketones is 1. The first-order valence-electron chi connectivity index (χ1n) is 16.0. The first-order chi connectivity index (χ1) is 22.0. The number of amides is 1. The highest BCUT2D eigenvalue weighted by Crippen LogP contribution is 2.26. The Bertz CT molecular complexity index is 1310. The van der Waals surface area contributed by atoms with Gasteiger partial charge in [-0.25, -0.2) is 9.59 Å². The lowest BCUT2D eigenvalue weighted by Gasteiger charge is -2.29. The molecule has 46 heavy (non-hydrogen) atoms. The second-order valence-electron chi connectivity index (χ2n) is 11.7. The van der Waals surface area contributed by atoms with E-state index in [1.165, 1.54) is 6.08 Å². The lowest BCUT2D eigenvalue weighted by molar-refractivity contribution is -0.172. The summed E-state index contributed by atoms with van der Waals surface area (Å²) in [5.41, 5.74) is -0.528. The topological polar surface area (TPSA) is 178 Å². The van der Waals surface area contributed by atoms with E-state index in [-0.39, 0.29) is 12.2 Å². The Labute approximate surface area is 270 Å². The fraction of sp³-hybridized carbons (Fsp3) is 0.472. The predicted octanol–water partition coefficient (Wildman–Crippen LogP) is 5.81. The average molecular weight is 638 g/mol. The zero-order valence-corrected chi connectivity index (χ0v) is 26.5. The van der Waals surface area contributed by atoms with E-state index in [0.29, 0.717) is 31.2 Å². The molecule has 0 aliphatic carbocycles. The molecule has 3 atom stereocenters. The molecule has 0 spiro atoms. The summed E-state index contributed by atoms with van der Waals surface area (Å²) in [6.07, 6.45) is 10.1. The van der Waals surface area contributed by atoms with Gasteiger partial charge in [-0.2, -0.15) is 0 Å². The lowest BCUT2D eigenvalue weighted by Crippen LogP contribution is -2.55. The summed E-state index contributed by atoms with van der Waals surface area (Å²) in [4.78, 5) is 60.9. The first-order valence-corrected chi connectivity index (χ1v) is 16.0. The van der Waals surface area contributed by atoms with E-state index in [2.05, 4.69) is 12.2 Å². The fourth-order valence-corrected chi connectivity index (χ4v) is 5.22. The van der Waals surface area contributed by atoms with Gasteiger partial charge in [0.15, 0.2) is 5.60 Å². The number of nitrogens with one attached hydrogen (secondary N) is 1. The zero-order valence-electron chi connectivity index (χ0n) is 26.5. The molecule has 1 amide bonds. The third-order valence-corrected chi connectivity index (χ3v) is 7.92. The van der Waals surface area contributed by atoms with Crippen LogP contribution in [0.2, 0.25) is 0 Å². The van der Waals surface area contributed by atoms with Gasteiger partial charge >= 0.3 is 17.9 Å². The normalized spacial score (nSPS) is 13.9. The molecule has 0 saturated carbocycles. The molecule has 0 radical (unpaired) electrons. The average Bonchev–Trinajstić information content (AvgIpc) is 3.02. The van der Waals surface area contributed by atoms with E-state index in [9.17, 15) is 44.4 Å². The minimum atomic E-state index is -3.01. The highest BCUT2D eigenvalue weighted by molar-refractivity contribution is 5.94. The number of carbonyl (C=O) groups is 5. The SMILES string of the molecule is CCCCCCC(=O)CCCCCC/C=C/[C@H](C(=O)N[C@@H](Cc1ccc(-c2ccccc2)cc1)C(=O)O)[C@@](O)(CC(=O)O)C(=O)O. The number of allylic oxidation sites excluding steroid dienone is 1. The Balaban J connectivity index is 2.04. The molecule has 0 aliphatic heterocycles. The number of benzene rings is 2. The van der Waals surface area contributed by atoms with Crippen molar-refractivity contribution in [1.29, 1.82) is 0 Å². The molecule has 0 bridgehead atoms. The van der Waals surface area contributed by atoms with Crippen molar-refractivity contribution in [3.63, 3.8) is 0 Å². The molecule has 10 heteroatoms. The monoisotopic (exact) mass is 637 g/mol. The van der Waals surface area contributed by atoms with Crippen LogP contribution in [0.5, 0.6) is 0 Å². The van der Waals surface area contributed by atoms with Crippen molar-refractivity contribution in [3.8, 4) is 11.1 Å². The summed E-state index contributed by atoms with van der Waals surface area (Å²) in [6, 6.07) is 15.2. The van der Waals surface area contributed by atoms with Crippen LogP contribution in [-0.4, -0.2) is 61.7 Å². The summed E-state index contributed by atoms with van der Waals surface area (Å²) >= 11 is 0. The molecular weight excluding hydrogens is 590 g/mol.